The van der Waals surface area contributed by atoms with Crippen LogP contribution < -0.4 is 5.32 Å². The van der Waals surface area contributed by atoms with E-state index in [0.717, 1.165) is 12.0 Å². The maximum absolute atomic E-state index is 14.8. The molecule has 0 aliphatic rings. The number of ether oxygens (including phenoxy) is 1. The molecular weight excluding hydrogens is 437 g/mol. The van der Waals surface area contributed by atoms with Crippen LogP contribution >= 0.6 is 0 Å². The van der Waals surface area contributed by atoms with Crippen LogP contribution in [0.25, 0.3) is 0 Å². The van der Waals surface area contributed by atoms with Crippen molar-refractivity contribution in [1.29, 1.82) is 0 Å². The molecule has 3 rings (SSSR count). The van der Waals surface area contributed by atoms with E-state index < -0.39 is 30.3 Å². The number of methoxy groups -OCH3 is 1. The molecule has 10 heteroatoms. The fraction of sp³-hybridized carbons (Fsp3) is 0.217. The van der Waals surface area contributed by atoms with Gasteiger partial charge in [-0.1, -0.05) is 30.3 Å². The summed E-state index contributed by atoms with van der Waals surface area (Å²) in [5.74, 6) is -2.77. The molecule has 1 aromatic carbocycles. The number of rotatable bonds is 8. The predicted molar refractivity (Wildman–Crippen MR) is 112 cm³/mol. The topological polar surface area (TPSA) is 84.4 Å². The van der Waals surface area contributed by atoms with Crippen LogP contribution in [0.1, 0.15) is 21.6 Å². The van der Waals surface area contributed by atoms with E-state index in [0.29, 0.717) is 5.56 Å². The smallest absolute Gasteiger partial charge is 0.436 e. The van der Waals surface area contributed by atoms with Crippen LogP contribution in [-0.2, 0) is 22.6 Å². The number of carbonyl (C=O) groups is 2. The van der Waals surface area contributed by atoms with Crippen LogP contribution in [0.3, 0.4) is 0 Å². The lowest BCUT2D eigenvalue weighted by Gasteiger charge is -2.42. The lowest BCUT2D eigenvalue weighted by molar-refractivity contribution is -0.249. The lowest BCUT2D eigenvalue weighted by Crippen LogP contribution is -2.73. The van der Waals surface area contributed by atoms with Crippen molar-refractivity contribution in [2.45, 2.75) is 24.9 Å². The molecule has 0 aliphatic heterocycles. The molecule has 1 N–H and O–H groups in total. The zero-order valence-corrected chi connectivity index (χ0v) is 17.6. The Labute approximate surface area is 188 Å². The number of esters is 1. The van der Waals surface area contributed by atoms with Crippen LogP contribution in [0.4, 0.5) is 13.2 Å². The first-order chi connectivity index (χ1) is 15.8. The molecule has 0 spiro atoms. The first-order valence-corrected chi connectivity index (χ1v) is 9.84. The van der Waals surface area contributed by atoms with Crippen LogP contribution in [0.5, 0.6) is 0 Å². The molecular formula is C23H21F3N4O3. The third-order valence-electron chi connectivity index (χ3n) is 4.87. The van der Waals surface area contributed by atoms with Crippen molar-refractivity contribution in [3.8, 4) is 0 Å². The van der Waals surface area contributed by atoms with Gasteiger partial charge in [0.2, 0.25) is 0 Å². The van der Waals surface area contributed by atoms with Gasteiger partial charge in [-0.3, -0.25) is 19.7 Å². The summed E-state index contributed by atoms with van der Waals surface area (Å²) in [4.78, 5) is 34.5. The van der Waals surface area contributed by atoms with Crippen molar-refractivity contribution in [3.63, 3.8) is 0 Å². The highest BCUT2D eigenvalue weighted by atomic mass is 19.4. The third kappa shape index (κ3) is 5.35. The predicted octanol–water partition coefficient (Wildman–Crippen LogP) is 3.34. The van der Waals surface area contributed by atoms with Crippen molar-refractivity contribution in [3.05, 3.63) is 96.1 Å². The molecule has 0 radical (unpaired) electrons. The van der Waals surface area contributed by atoms with E-state index in [1.165, 1.54) is 48.9 Å². The van der Waals surface area contributed by atoms with E-state index in [9.17, 15) is 22.8 Å². The fourth-order valence-corrected chi connectivity index (χ4v) is 3.29. The first-order valence-electron chi connectivity index (χ1n) is 9.84. The van der Waals surface area contributed by atoms with Gasteiger partial charge in [-0.05, 0) is 35.9 Å². The molecule has 0 bridgehead atoms. The van der Waals surface area contributed by atoms with Gasteiger partial charge < -0.3 is 10.1 Å². The molecule has 2 aromatic heterocycles. The molecule has 172 valence electrons. The maximum Gasteiger partial charge on any atom is 0.436 e. The molecule has 1 amide bonds. The van der Waals surface area contributed by atoms with Crippen LogP contribution in [0, 0.1) is 0 Å². The highest BCUT2D eigenvalue weighted by molar-refractivity contribution is 5.98. The van der Waals surface area contributed by atoms with Gasteiger partial charge >= 0.3 is 12.1 Å². The molecule has 0 aliphatic carbocycles. The standard InChI is InChI=1S/C23H21F3N4O3/c1-33-21(32)22(23(24,25)26,29-20(31)18-9-3-2-4-10-18)30(15-17-8-7-12-27-14-17)16-19-11-5-6-13-28-19/h2-14H,15-16H2,1H3,(H,29,31)/t22-/m0/s1. The van der Waals surface area contributed by atoms with Gasteiger partial charge in [-0.25, -0.2) is 4.79 Å². The van der Waals surface area contributed by atoms with Crippen LogP contribution in [0.2, 0.25) is 0 Å². The summed E-state index contributed by atoms with van der Waals surface area (Å²) >= 11 is 0. The van der Waals surface area contributed by atoms with Crippen molar-refractivity contribution < 1.29 is 27.5 Å². The maximum atomic E-state index is 14.8. The summed E-state index contributed by atoms with van der Waals surface area (Å²) in [6, 6.07) is 15.2. The Balaban J connectivity index is 2.14. The zero-order valence-electron chi connectivity index (χ0n) is 17.6. The summed E-state index contributed by atoms with van der Waals surface area (Å²) in [7, 11) is 0.834. The second kappa shape index (κ2) is 10.2. The number of alkyl halides is 3. The highest BCUT2D eigenvalue weighted by Crippen LogP contribution is 2.37. The Morgan fingerprint density at radius 3 is 2.27 bits per heavy atom. The monoisotopic (exact) mass is 458 g/mol. The number of hydrogen-bond donors (Lipinski definition) is 1. The zero-order chi connectivity index (χ0) is 23.9. The van der Waals surface area contributed by atoms with Gasteiger partial charge in [0.15, 0.2) is 0 Å². The number of pyridine rings is 2. The highest BCUT2D eigenvalue weighted by Gasteiger charge is 2.66. The van der Waals surface area contributed by atoms with Crippen molar-refractivity contribution >= 4 is 11.9 Å². The number of nitrogens with zero attached hydrogens (tertiary/aromatic N) is 3. The minimum absolute atomic E-state index is 0.0470. The summed E-state index contributed by atoms with van der Waals surface area (Å²) in [6.07, 6.45) is -0.973. The van der Waals surface area contributed by atoms with E-state index >= 15 is 0 Å². The number of carbonyl (C=O) groups excluding carboxylic acids is 2. The van der Waals surface area contributed by atoms with E-state index in [-0.39, 0.29) is 17.8 Å². The number of nitrogens with one attached hydrogen (secondary N) is 1. The first kappa shape index (κ1) is 23.9. The molecule has 0 unspecified atom stereocenters. The fourth-order valence-electron chi connectivity index (χ4n) is 3.29. The average Bonchev–Trinajstić information content (AvgIpc) is 2.82. The van der Waals surface area contributed by atoms with E-state index in [4.69, 9.17) is 0 Å². The largest absolute Gasteiger partial charge is 0.466 e. The molecule has 0 saturated heterocycles. The molecule has 7 nitrogen and oxygen atoms in total. The summed E-state index contributed by atoms with van der Waals surface area (Å²) in [5.41, 5.74) is -2.90. The molecule has 1 atom stereocenters. The van der Waals surface area contributed by atoms with Gasteiger partial charge in [0.25, 0.3) is 11.6 Å². The Kier molecular flexibility index (Phi) is 7.39. The molecule has 0 fully saturated rings. The summed E-state index contributed by atoms with van der Waals surface area (Å²) in [6.45, 7) is -0.798. The number of benzene rings is 1. The SMILES string of the molecule is COC(=O)[C@](NC(=O)c1ccccc1)(N(Cc1cccnc1)Cc1ccccn1)C(F)(F)F. The quantitative estimate of drug-likeness (QED) is 0.412. The minimum Gasteiger partial charge on any atom is -0.466 e. The van der Waals surface area contributed by atoms with Gasteiger partial charge in [-0.15, -0.1) is 0 Å². The van der Waals surface area contributed by atoms with Crippen molar-refractivity contribution in [2.75, 3.05) is 7.11 Å². The van der Waals surface area contributed by atoms with E-state index in [1.807, 2.05) is 5.32 Å². The van der Waals surface area contributed by atoms with Gasteiger partial charge in [0.05, 0.1) is 12.8 Å². The Bertz CT molecular complexity index is 1030. The lowest BCUT2D eigenvalue weighted by atomic mass is 10.0. The molecule has 0 saturated carbocycles. The number of hydrogen-bond acceptors (Lipinski definition) is 6. The van der Waals surface area contributed by atoms with Crippen LogP contribution in [-0.4, -0.2) is 45.7 Å². The summed E-state index contributed by atoms with van der Waals surface area (Å²) in [5, 5.41) is 1.92. The van der Waals surface area contributed by atoms with Crippen molar-refractivity contribution in [1.82, 2.24) is 20.2 Å². The number of aromatic nitrogens is 2. The second-order valence-electron chi connectivity index (χ2n) is 7.06. The normalized spacial score (nSPS) is 13.2. The number of halogens is 3. The Morgan fingerprint density at radius 1 is 0.970 bits per heavy atom. The van der Waals surface area contributed by atoms with Crippen LogP contribution in [0.15, 0.2) is 79.3 Å². The Hall–Kier alpha value is -3.79. The van der Waals surface area contributed by atoms with E-state index in [1.54, 1.807) is 30.3 Å². The minimum atomic E-state index is -5.25. The molecule has 33 heavy (non-hydrogen) atoms. The van der Waals surface area contributed by atoms with E-state index in [2.05, 4.69) is 14.7 Å². The summed E-state index contributed by atoms with van der Waals surface area (Å²) < 4.78 is 48.8. The van der Waals surface area contributed by atoms with Gasteiger partial charge in [0.1, 0.15) is 0 Å². The van der Waals surface area contributed by atoms with Crippen molar-refractivity contribution in [2.24, 2.45) is 0 Å². The number of amides is 1. The van der Waals surface area contributed by atoms with Gasteiger partial charge in [-0.2, -0.15) is 13.2 Å². The molecule has 3 aromatic rings. The third-order valence-corrected chi connectivity index (χ3v) is 4.87. The molecule has 2 heterocycles. The Morgan fingerprint density at radius 2 is 1.70 bits per heavy atom. The second-order valence-corrected chi connectivity index (χ2v) is 7.06. The average molecular weight is 458 g/mol. The van der Waals surface area contributed by atoms with Gasteiger partial charge in [0, 0.05) is 37.2 Å².